The molecule has 2 aromatic heterocycles. The molecule has 2 heterocycles. The Hall–Kier alpha value is -2.97. The van der Waals surface area contributed by atoms with E-state index in [1.54, 1.807) is 31.3 Å². The number of hydrogen-bond acceptors (Lipinski definition) is 6. The van der Waals surface area contributed by atoms with Crippen molar-refractivity contribution in [3.05, 3.63) is 71.0 Å². The number of pyridine rings is 1. The maximum Gasteiger partial charge on any atom is 0.182 e. The van der Waals surface area contributed by atoms with Crippen LogP contribution in [-0.4, -0.2) is 20.5 Å². The van der Waals surface area contributed by atoms with Gasteiger partial charge in [0, 0.05) is 38.4 Å². The fraction of sp³-hybridized carbons (Fsp3) is 0.136. The van der Waals surface area contributed by atoms with E-state index in [0.29, 0.717) is 33.6 Å². The van der Waals surface area contributed by atoms with E-state index in [9.17, 15) is 8.42 Å². The molecule has 0 unspecified atom stereocenters. The number of rotatable bonds is 5. The van der Waals surface area contributed by atoms with Gasteiger partial charge in [-0.3, -0.25) is 0 Å². The number of nitrogen functional groups attached to an aromatic ring is 1. The van der Waals surface area contributed by atoms with Gasteiger partial charge in [-0.05, 0) is 36.8 Å². The van der Waals surface area contributed by atoms with E-state index >= 15 is 4.39 Å². The molecule has 8 heteroatoms. The number of methoxy groups -OCH3 is 1. The molecule has 4 rings (SSSR count). The Morgan fingerprint density at radius 1 is 1.17 bits per heavy atom. The lowest BCUT2D eigenvalue weighted by atomic mass is 10.0. The first-order valence-corrected chi connectivity index (χ1v) is 11.6. The van der Waals surface area contributed by atoms with Crippen molar-refractivity contribution < 1.29 is 17.5 Å². The first-order chi connectivity index (χ1) is 14.3. The van der Waals surface area contributed by atoms with Crippen LogP contribution < -0.4 is 10.5 Å². The van der Waals surface area contributed by atoms with E-state index in [2.05, 4.69) is 4.98 Å². The molecular weight excluding hydrogens is 423 g/mol. The van der Waals surface area contributed by atoms with Gasteiger partial charge in [-0.25, -0.2) is 17.8 Å². The Bertz CT molecular complexity index is 1360. The molecule has 154 valence electrons. The van der Waals surface area contributed by atoms with E-state index in [1.165, 1.54) is 36.6 Å². The van der Waals surface area contributed by atoms with Gasteiger partial charge in [0.2, 0.25) is 0 Å². The summed E-state index contributed by atoms with van der Waals surface area (Å²) in [5, 5.41) is 2.49. The molecular formula is C22H19FN2O3S2. The Morgan fingerprint density at radius 3 is 2.70 bits per heavy atom. The molecule has 0 saturated carbocycles. The number of hydrogen-bond donors (Lipinski definition) is 1. The molecule has 5 nitrogen and oxygen atoms in total. The maximum atomic E-state index is 15.4. The minimum Gasteiger partial charge on any atom is -0.496 e. The Kier molecular flexibility index (Phi) is 5.21. The van der Waals surface area contributed by atoms with E-state index < -0.39 is 21.4 Å². The second kappa shape index (κ2) is 7.70. The zero-order valence-electron chi connectivity index (χ0n) is 16.3. The number of nitrogens with zero attached hydrogens (tertiary/aromatic N) is 1. The standard InChI is InChI=1S/C22H19FN2O3S2/c1-13-10-15(6-7-18(13)28-2)30(26,27)12-14-4-3-5-16(21(14)23)17-11-29-19-8-9-25-22(24)20(17)19/h3-11H,12H2,1-2H3,(H2,24,25). The zero-order chi connectivity index (χ0) is 21.5. The monoisotopic (exact) mass is 442 g/mol. The SMILES string of the molecule is COc1ccc(S(=O)(=O)Cc2cccc(-c3csc4ccnc(N)c34)c2F)cc1C. The van der Waals surface area contributed by atoms with Crippen LogP contribution in [0.25, 0.3) is 21.2 Å². The maximum absolute atomic E-state index is 15.4. The van der Waals surface area contributed by atoms with Crippen LogP contribution in [0, 0.1) is 12.7 Å². The van der Waals surface area contributed by atoms with Crippen LogP contribution in [0.15, 0.2) is 58.9 Å². The molecule has 0 aliphatic heterocycles. The second-order valence-corrected chi connectivity index (χ2v) is 9.79. The molecule has 0 radical (unpaired) electrons. The fourth-order valence-electron chi connectivity index (χ4n) is 3.44. The van der Waals surface area contributed by atoms with Crippen LogP contribution in [0.5, 0.6) is 5.75 Å². The number of aromatic nitrogens is 1. The molecule has 2 N–H and O–H groups in total. The third-order valence-electron chi connectivity index (χ3n) is 4.95. The van der Waals surface area contributed by atoms with Crippen LogP contribution >= 0.6 is 11.3 Å². The summed E-state index contributed by atoms with van der Waals surface area (Å²) in [6.07, 6.45) is 1.61. The van der Waals surface area contributed by atoms with Crippen LogP contribution in [0.3, 0.4) is 0 Å². The van der Waals surface area contributed by atoms with Crippen LogP contribution in [0.1, 0.15) is 11.1 Å². The molecule has 0 aliphatic carbocycles. The summed E-state index contributed by atoms with van der Waals surface area (Å²) in [4.78, 5) is 4.22. The van der Waals surface area contributed by atoms with Crippen molar-refractivity contribution in [2.24, 2.45) is 0 Å². The molecule has 0 amide bonds. The predicted octanol–water partition coefficient (Wildman–Crippen LogP) is 4.98. The highest BCUT2D eigenvalue weighted by Gasteiger charge is 2.22. The van der Waals surface area contributed by atoms with Gasteiger partial charge in [-0.15, -0.1) is 11.3 Å². The summed E-state index contributed by atoms with van der Waals surface area (Å²) in [5.41, 5.74) is 7.72. The number of ether oxygens (including phenoxy) is 1. The smallest absolute Gasteiger partial charge is 0.182 e. The second-order valence-electron chi connectivity index (χ2n) is 6.89. The predicted molar refractivity (Wildman–Crippen MR) is 118 cm³/mol. The van der Waals surface area contributed by atoms with E-state index in [0.717, 1.165) is 4.70 Å². The summed E-state index contributed by atoms with van der Waals surface area (Å²) in [5.74, 6) is -0.115. The average molecular weight is 443 g/mol. The number of aryl methyl sites for hydroxylation is 1. The summed E-state index contributed by atoms with van der Waals surface area (Å²) in [7, 11) is -2.23. The topological polar surface area (TPSA) is 82.3 Å². The molecule has 0 atom stereocenters. The number of anilines is 1. The Balaban J connectivity index is 1.76. The van der Waals surface area contributed by atoms with Gasteiger partial charge < -0.3 is 10.5 Å². The lowest BCUT2D eigenvalue weighted by molar-refractivity contribution is 0.411. The molecule has 0 saturated heterocycles. The fourth-order valence-corrected chi connectivity index (χ4v) is 5.83. The number of thiophene rings is 1. The quantitative estimate of drug-likeness (QED) is 0.472. The zero-order valence-corrected chi connectivity index (χ0v) is 18.0. The molecule has 0 fully saturated rings. The number of nitrogens with two attached hydrogens (primary N) is 1. The van der Waals surface area contributed by atoms with E-state index in [-0.39, 0.29) is 10.5 Å². The minimum absolute atomic E-state index is 0.0998. The van der Waals surface area contributed by atoms with Gasteiger partial charge in [0.05, 0.1) is 17.8 Å². The van der Waals surface area contributed by atoms with E-state index in [4.69, 9.17) is 10.5 Å². The first kappa shape index (κ1) is 20.3. The molecule has 30 heavy (non-hydrogen) atoms. The lowest BCUT2D eigenvalue weighted by Crippen LogP contribution is -2.07. The minimum atomic E-state index is -3.75. The molecule has 0 spiro atoms. The van der Waals surface area contributed by atoms with Gasteiger partial charge in [0.15, 0.2) is 9.84 Å². The Labute approximate surface area is 177 Å². The van der Waals surface area contributed by atoms with Crippen molar-refractivity contribution in [3.63, 3.8) is 0 Å². The first-order valence-electron chi connectivity index (χ1n) is 9.08. The van der Waals surface area contributed by atoms with E-state index in [1.807, 2.05) is 11.4 Å². The van der Waals surface area contributed by atoms with Crippen molar-refractivity contribution in [1.82, 2.24) is 4.98 Å². The van der Waals surface area contributed by atoms with Gasteiger partial charge in [0.25, 0.3) is 0 Å². The summed E-state index contributed by atoms with van der Waals surface area (Å²) < 4.78 is 47.3. The summed E-state index contributed by atoms with van der Waals surface area (Å²) in [6, 6.07) is 11.2. The van der Waals surface area contributed by atoms with Gasteiger partial charge in [-0.1, -0.05) is 18.2 Å². The van der Waals surface area contributed by atoms with Crippen molar-refractivity contribution in [3.8, 4) is 16.9 Å². The Morgan fingerprint density at radius 2 is 1.97 bits per heavy atom. The number of benzene rings is 2. The van der Waals surface area contributed by atoms with Crippen molar-refractivity contribution in [1.29, 1.82) is 0 Å². The third kappa shape index (κ3) is 3.53. The highest BCUT2D eigenvalue weighted by atomic mass is 32.2. The average Bonchev–Trinajstić information content (AvgIpc) is 3.15. The highest BCUT2D eigenvalue weighted by Crippen LogP contribution is 2.38. The van der Waals surface area contributed by atoms with Gasteiger partial charge in [0.1, 0.15) is 17.4 Å². The van der Waals surface area contributed by atoms with Gasteiger partial charge >= 0.3 is 0 Å². The summed E-state index contributed by atoms with van der Waals surface area (Å²) in [6.45, 7) is 1.76. The lowest BCUT2D eigenvalue weighted by Gasteiger charge is -2.11. The van der Waals surface area contributed by atoms with Crippen molar-refractivity contribution >= 4 is 37.1 Å². The van der Waals surface area contributed by atoms with Crippen molar-refractivity contribution in [2.75, 3.05) is 12.8 Å². The van der Waals surface area contributed by atoms with Crippen molar-refractivity contribution in [2.45, 2.75) is 17.6 Å². The third-order valence-corrected chi connectivity index (χ3v) is 7.57. The van der Waals surface area contributed by atoms with Crippen LogP contribution in [0.2, 0.25) is 0 Å². The highest BCUT2D eigenvalue weighted by molar-refractivity contribution is 7.90. The normalized spacial score (nSPS) is 11.7. The molecule has 0 aliphatic rings. The molecule has 4 aromatic rings. The van der Waals surface area contributed by atoms with Gasteiger partial charge in [-0.2, -0.15) is 0 Å². The van der Waals surface area contributed by atoms with Crippen LogP contribution in [-0.2, 0) is 15.6 Å². The number of fused-ring (bicyclic) bond motifs is 1. The summed E-state index contributed by atoms with van der Waals surface area (Å²) >= 11 is 1.44. The number of sulfone groups is 1. The van der Waals surface area contributed by atoms with Crippen LogP contribution in [0.4, 0.5) is 10.2 Å². The molecule has 2 aromatic carbocycles. The number of halogens is 1. The largest absolute Gasteiger partial charge is 0.496 e. The molecule has 0 bridgehead atoms.